The zero-order valence-corrected chi connectivity index (χ0v) is 33.8. The van der Waals surface area contributed by atoms with Gasteiger partial charge in [-0.15, -0.1) is 0 Å². The molecule has 0 bridgehead atoms. The van der Waals surface area contributed by atoms with Gasteiger partial charge in [0.15, 0.2) is 0 Å². The first-order valence-corrected chi connectivity index (χ1v) is 20.8. The van der Waals surface area contributed by atoms with Crippen LogP contribution in [0.4, 0.5) is 17.1 Å². The number of benzene rings is 10. The van der Waals surface area contributed by atoms with Gasteiger partial charge >= 0.3 is 0 Å². The lowest BCUT2D eigenvalue weighted by Crippen LogP contribution is -2.11. The number of para-hydroxylation sites is 3. The van der Waals surface area contributed by atoms with Crippen LogP contribution in [0.3, 0.4) is 0 Å². The Morgan fingerprint density at radius 1 is 0.339 bits per heavy atom. The van der Waals surface area contributed by atoms with Crippen LogP contribution < -0.4 is 4.90 Å². The van der Waals surface area contributed by atoms with Gasteiger partial charge in [0.1, 0.15) is 0 Å². The minimum Gasteiger partial charge on any atom is -0.310 e. The fraction of sp³-hybridized carbons (Fsp3) is 0. The topological polar surface area (TPSA) is 8.17 Å². The van der Waals surface area contributed by atoms with E-state index in [9.17, 15) is 0 Å². The third kappa shape index (κ3) is 6.84. The maximum Gasteiger partial charge on any atom is 0.0629 e. The van der Waals surface area contributed by atoms with E-state index in [1.165, 1.54) is 21.9 Å². The molecule has 62 heavy (non-hydrogen) atoms. The maximum atomic E-state index is 8.48. The van der Waals surface area contributed by atoms with Crippen LogP contribution in [0.25, 0.3) is 83.1 Å². The summed E-state index contributed by atoms with van der Waals surface area (Å²) in [5.74, 6) is 0. The van der Waals surface area contributed by atoms with Crippen LogP contribution in [-0.4, -0.2) is 4.57 Å². The van der Waals surface area contributed by atoms with Gasteiger partial charge < -0.3 is 9.47 Å². The van der Waals surface area contributed by atoms with Crippen LogP contribution in [0.15, 0.2) is 255 Å². The molecule has 2 nitrogen and oxygen atoms in total. The molecule has 0 amide bonds. The Morgan fingerprint density at radius 2 is 0.806 bits per heavy atom. The number of anilines is 3. The van der Waals surface area contributed by atoms with Crippen molar-refractivity contribution < 1.29 is 6.85 Å². The second kappa shape index (κ2) is 16.1. The Bertz CT molecular complexity index is 3580. The first-order valence-electron chi connectivity index (χ1n) is 23.3. The van der Waals surface area contributed by atoms with Gasteiger partial charge in [0.05, 0.1) is 23.6 Å². The van der Waals surface area contributed by atoms with E-state index in [1.807, 2.05) is 30.3 Å². The lowest BCUT2D eigenvalue weighted by atomic mass is 9.94. The average molecular weight is 796 g/mol. The summed E-state index contributed by atoms with van der Waals surface area (Å²) in [6.45, 7) is 0. The van der Waals surface area contributed by atoms with Crippen LogP contribution in [-0.2, 0) is 0 Å². The molecule has 2 heteroatoms. The van der Waals surface area contributed by atoms with E-state index in [4.69, 9.17) is 6.85 Å². The lowest BCUT2D eigenvalue weighted by Gasteiger charge is -2.28. The molecule has 0 radical (unpaired) electrons. The summed E-state index contributed by atoms with van der Waals surface area (Å²) in [5, 5.41) is 2.43. The zero-order valence-electron chi connectivity index (χ0n) is 38.8. The second-order valence-electron chi connectivity index (χ2n) is 15.4. The molecule has 10 aromatic carbocycles. The van der Waals surface area contributed by atoms with E-state index in [2.05, 4.69) is 204 Å². The van der Waals surface area contributed by atoms with Crippen LogP contribution >= 0.6 is 0 Å². The van der Waals surface area contributed by atoms with Crippen LogP contribution in [0.2, 0.25) is 0 Å². The molecule has 0 aliphatic carbocycles. The van der Waals surface area contributed by atoms with Crippen molar-refractivity contribution in [3.05, 3.63) is 255 Å². The molecule has 292 valence electrons. The highest BCUT2D eigenvalue weighted by Gasteiger charge is 2.20. The third-order valence-corrected chi connectivity index (χ3v) is 11.7. The van der Waals surface area contributed by atoms with Crippen molar-refractivity contribution in [3.63, 3.8) is 0 Å². The smallest absolute Gasteiger partial charge is 0.0629 e. The molecule has 1 aromatic heterocycles. The quantitative estimate of drug-likeness (QED) is 0.141. The standard InChI is InChI=1S/C60H42N2/c1-4-16-43(17-5-1)45-30-32-46(33-31-45)48-36-40-53(41-37-48)61(52-38-34-47(35-39-52)44-18-6-2-7-19-44)57-27-12-10-24-54(57)49-20-14-21-50(42-49)55-26-15-29-59-60(55)56-25-11-13-28-58(56)62(59)51-22-8-3-9-23-51/h1-42H/i1D,4D,5D,16D,17D. The summed E-state index contributed by atoms with van der Waals surface area (Å²) in [5.41, 5.74) is 16.0. The Hall–Kier alpha value is -8.20. The van der Waals surface area contributed by atoms with Crippen molar-refractivity contribution >= 4 is 38.9 Å². The van der Waals surface area contributed by atoms with Crippen LogP contribution in [0.5, 0.6) is 0 Å². The van der Waals surface area contributed by atoms with Crippen molar-refractivity contribution in [2.24, 2.45) is 0 Å². The van der Waals surface area contributed by atoms with Gasteiger partial charge in [-0.2, -0.15) is 0 Å². The normalized spacial score (nSPS) is 12.4. The zero-order chi connectivity index (χ0) is 45.6. The molecule has 1 heterocycles. The molecule has 0 aliphatic rings. The molecule has 11 rings (SSSR count). The Kier molecular flexibility index (Phi) is 8.23. The summed E-state index contributed by atoms with van der Waals surface area (Å²) < 4.78 is 43.7. The fourth-order valence-corrected chi connectivity index (χ4v) is 8.77. The SMILES string of the molecule is [2H]c1c([2H])c([2H])c(-c2ccc(-c3ccc(N(c4ccc(-c5ccccc5)cc4)c4ccccc4-c4cccc(-c5cccc6c5c5ccccc5n6-c5ccccc5)c4)cc3)cc2)c([2H])c1[2H]. The molecule has 0 spiro atoms. The predicted octanol–water partition coefficient (Wildman–Crippen LogP) is 16.6. The van der Waals surface area contributed by atoms with Gasteiger partial charge in [-0.3, -0.25) is 0 Å². The summed E-state index contributed by atoms with van der Waals surface area (Å²) >= 11 is 0. The molecular weight excluding hydrogens is 749 g/mol. The highest BCUT2D eigenvalue weighted by Crippen LogP contribution is 2.44. The lowest BCUT2D eigenvalue weighted by molar-refractivity contribution is 1.18. The van der Waals surface area contributed by atoms with Gasteiger partial charge in [-0.1, -0.05) is 194 Å². The van der Waals surface area contributed by atoms with Crippen molar-refractivity contribution in [1.29, 1.82) is 0 Å². The van der Waals surface area contributed by atoms with Gasteiger partial charge in [0.25, 0.3) is 0 Å². The largest absolute Gasteiger partial charge is 0.310 e. The van der Waals surface area contributed by atoms with E-state index in [0.29, 0.717) is 5.56 Å². The number of fused-ring (bicyclic) bond motifs is 3. The average Bonchev–Trinajstić information content (AvgIpc) is 3.74. The van der Waals surface area contributed by atoms with E-state index in [-0.39, 0.29) is 29.7 Å². The van der Waals surface area contributed by atoms with E-state index in [0.717, 1.165) is 67.2 Å². The van der Waals surface area contributed by atoms with E-state index < -0.39 is 6.04 Å². The van der Waals surface area contributed by atoms with Crippen molar-refractivity contribution in [2.45, 2.75) is 0 Å². The molecule has 0 saturated carbocycles. The highest BCUT2D eigenvalue weighted by molar-refractivity contribution is 6.16. The van der Waals surface area contributed by atoms with Crippen molar-refractivity contribution in [1.82, 2.24) is 4.57 Å². The molecule has 0 saturated heterocycles. The minimum atomic E-state index is -0.398. The predicted molar refractivity (Wildman–Crippen MR) is 263 cm³/mol. The second-order valence-corrected chi connectivity index (χ2v) is 15.4. The number of hydrogen-bond donors (Lipinski definition) is 0. The van der Waals surface area contributed by atoms with Gasteiger partial charge in [0, 0.05) is 33.4 Å². The molecule has 0 unspecified atom stereocenters. The van der Waals surface area contributed by atoms with Gasteiger partial charge in [-0.25, -0.2) is 0 Å². The summed E-state index contributed by atoms with van der Waals surface area (Å²) in [7, 11) is 0. The van der Waals surface area contributed by atoms with Crippen LogP contribution in [0, 0.1) is 0 Å². The number of nitrogens with zero attached hydrogens (tertiary/aromatic N) is 2. The van der Waals surface area contributed by atoms with Crippen molar-refractivity contribution in [3.8, 4) is 61.3 Å². The summed E-state index contributed by atoms with van der Waals surface area (Å²) in [6.07, 6.45) is 0. The molecular formula is C60H42N2. The van der Waals surface area contributed by atoms with E-state index in [1.54, 1.807) is 0 Å². The Morgan fingerprint density at radius 3 is 1.48 bits per heavy atom. The highest BCUT2D eigenvalue weighted by atomic mass is 15.1. The third-order valence-electron chi connectivity index (χ3n) is 11.7. The summed E-state index contributed by atoms with van der Waals surface area (Å²) in [4.78, 5) is 2.32. The number of rotatable bonds is 9. The molecule has 11 aromatic rings. The molecule has 0 N–H and O–H groups in total. The van der Waals surface area contributed by atoms with Gasteiger partial charge in [0.2, 0.25) is 0 Å². The van der Waals surface area contributed by atoms with Gasteiger partial charge in [-0.05, 0) is 111 Å². The molecule has 0 fully saturated rings. The van der Waals surface area contributed by atoms with E-state index >= 15 is 0 Å². The van der Waals surface area contributed by atoms with Crippen molar-refractivity contribution in [2.75, 3.05) is 4.90 Å². The first-order chi connectivity index (χ1) is 32.8. The number of aromatic nitrogens is 1. The molecule has 0 atom stereocenters. The monoisotopic (exact) mass is 795 g/mol. The first kappa shape index (κ1) is 31.7. The summed E-state index contributed by atoms with van der Waals surface area (Å²) in [6, 6.07) is 77.0. The van der Waals surface area contributed by atoms with Crippen LogP contribution in [0.1, 0.15) is 6.85 Å². The minimum absolute atomic E-state index is 0.193. The Balaban J connectivity index is 1.00. The number of hydrogen-bond acceptors (Lipinski definition) is 1. The fourth-order valence-electron chi connectivity index (χ4n) is 8.77. The maximum absolute atomic E-state index is 8.48. The molecule has 0 aliphatic heterocycles. The Labute approximate surface area is 369 Å².